The van der Waals surface area contributed by atoms with Crippen molar-refractivity contribution in [3.63, 3.8) is 0 Å². The zero-order valence-electron chi connectivity index (χ0n) is 15.9. The van der Waals surface area contributed by atoms with Gasteiger partial charge in [0.1, 0.15) is 12.0 Å². The fourth-order valence-corrected chi connectivity index (χ4v) is 3.81. The zero-order valence-corrected chi connectivity index (χ0v) is 16.7. The van der Waals surface area contributed by atoms with Crippen LogP contribution in [-0.2, 0) is 11.3 Å². The molecule has 150 valence electrons. The highest BCUT2D eigenvalue weighted by atomic mass is 35.5. The quantitative estimate of drug-likeness (QED) is 0.658. The molecule has 0 spiro atoms. The maximum atomic E-state index is 12.9. The second-order valence-corrected chi connectivity index (χ2v) is 7.18. The van der Waals surface area contributed by atoms with Crippen LogP contribution in [0.5, 0.6) is 5.75 Å². The molecule has 0 unspecified atom stereocenters. The fourth-order valence-electron chi connectivity index (χ4n) is 3.51. The van der Waals surface area contributed by atoms with Crippen LogP contribution in [0.15, 0.2) is 29.1 Å². The number of halogens is 1. The van der Waals surface area contributed by atoms with Crippen molar-refractivity contribution in [1.82, 2.24) is 14.9 Å². The predicted octanol–water partition coefficient (Wildman–Crippen LogP) is 2.57. The van der Waals surface area contributed by atoms with E-state index in [4.69, 9.17) is 16.3 Å². The number of hydrogen-bond donors (Lipinski definition) is 2. The van der Waals surface area contributed by atoms with Gasteiger partial charge in [0.15, 0.2) is 11.0 Å². The molecule has 2 N–H and O–H groups in total. The van der Waals surface area contributed by atoms with Gasteiger partial charge in [-0.05, 0) is 50.4 Å². The number of rotatable bonds is 8. The lowest BCUT2D eigenvalue weighted by Gasteiger charge is -2.22. The number of carbonyl (C=O) groups excluding carboxylic acids is 1. The maximum Gasteiger partial charge on any atom is 0.294 e. The van der Waals surface area contributed by atoms with Gasteiger partial charge in [-0.3, -0.25) is 9.36 Å². The molecule has 1 aliphatic heterocycles. The summed E-state index contributed by atoms with van der Waals surface area (Å²) in [6.45, 7) is 2.62. The first kappa shape index (κ1) is 20.4. The molecule has 0 atom stereocenters. The predicted molar refractivity (Wildman–Crippen MR) is 110 cm³/mol. The second-order valence-electron chi connectivity index (χ2n) is 6.82. The molecule has 0 radical (unpaired) electrons. The lowest BCUT2D eigenvalue weighted by molar-refractivity contribution is -0.108. The first-order valence-electron chi connectivity index (χ1n) is 9.47. The van der Waals surface area contributed by atoms with Crippen molar-refractivity contribution >= 4 is 23.7 Å². The van der Waals surface area contributed by atoms with Crippen LogP contribution < -0.4 is 20.9 Å². The van der Waals surface area contributed by atoms with Crippen LogP contribution in [0.2, 0.25) is 5.15 Å². The Hall–Kier alpha value is -2.38. The Kier molecular flexibility index (Phi) is 7.06. The van der Waals surface area contributed by atoms with Gasteiger partial charge >= 0.3 is 0 Å². The van der Waals surface area contributed by atoms with Gasteiger partial charge in [-0.2, -0.15) is 0 Å². The number of piperidine rings is 1. The minimum atomic E-state index is -0.361. The van der Waals surface area contributed by atoms with E-state index in [1.165, 1.54) is 4.57 Å². The maximum absolute atomic E-state index is 12.9. The van der Waals surface area contributed by atoms with E-state index in [1.807, 2.05) is 0 Å². The Morgan fingerprint density at radius 3 is 2.89 bits per heavy atom. The molecule has 2 heterocycles. The topological polar surface area (TPSA) is 85.2 Å². The summed E-state index contributed by atoms with van der Waals surface area (Å²) < 4.78 is 6.59. The Balaban J connectivity index is 1.87. The molecule has 1 saturated heterocycles. The van der Waals surface area contributed by atoms with Crippen LogP contribution in [0.4, 0.5) is 5.82 Å². The van der Waals surface area contributed by atoms with Crippen molar-refractivity contribution in [2.24, 2.45) is 5.92 Å². The molecule has 0 aliphatic carbocycles. The van der Waals surface area contributed by atoms with Crippen molar-refractivity contribution in [2.45, 2.75) is 25.8 Å². The largest absolute Gasteiger partial charge is 0.497 e. The number of benzene rings is 1. The second kappa shape index (κ2) is 9.71. The summed E-state index contributed by atoms with van der Waals surface area (Å²) in [4.78, 5) is 28.4. The Bertz CT molecular complexity index is 878. The Morgan fingerprint density at radius 2 is 2.18 bits per heavy atom. The first-order valence-corrected chi connectivity index (χ1v) is 9.84. The number of aldehydes is 1. The summed E-state index contributed by atoms with van der Waals surface area (Å²) in [5, 5.41) is 6.62. The van der Waals surface area contributed by atoms with Gasteiger partial charge in [0.05, 0.1) is 19.3 Å². The van der Waals surface area contributed by atoms with Crippen molar-refractivity contribution in [2.75, 3.05) is 32.1 Å². The normalized spacial score (nSPS) is 14.6. The lowest BCUT2D eigenvalue weighted by Crippen LogP contribution is -2.30. The van der Waals surface area contributed by atoms with Crippen LogP contribution in [0.1, 0.15) is 19.3 Å². The van der Waals surface area contributed by atoms with Crippen LogP contribution in [0.3, 0.4) is 0 Å². The van der Waals surface area contributed by atoms with Crippen LogP contribution >= 0.6 is 11.6 Å². The summed E-state index contributed by atoms with van der Waals surface area (Å²) >= 11 is 6.42. The van der Waals surface area contributed by atoms with E-state index in [0.29, 0.717) is 35.8 Å². The molecule has 8 heteroatoms. The Labute approximate surface area is 169 Å². The minimum absolute atomic E-state index is 0.101. The van der Waals surface area contributed by atoms with Gasteiger partial charge < -0.3 is 20.2 Å². The summed E-state index contributed by atoms with van der Waals surface area (Å²) in [5.41, 5.74) is 0.707. The van der Waals surface area contributed by atoms with Crippen molar-refractivity contribution in [1.29, 1.82) is 0 Å². The van der Waals surface area contributed by atoms with E-state index in [1.54, 1.807) is 31.4 Å². The number of ether oxygens (including phenoxy) is 1. The van der Waals surface area contributed by atoms with Gasteiger partial charge in [-0.25, -0.2) is 4.98 Å². The minimum Gasteiger partial charge on any atom is -0.497 e. The highest BCUT2D eigenvalue weighted by Gasteiger charge is 2.18. The van der Waals surface area contributed by atoms with E-state index >= 15 is 0 Å². The first-order chi connectivity index (χ1) is 13.6. The SMILES string of the molecule is COc1cccc(-c2c(Cl)nc(NCCC3CCNCC3)c(=O)n2CC=O)c1. The number of carbonyl (C=O) groups is 1. The molecule has 1 aliphatic rings. The molecule has 0 saturated carbocycles. The number of methoxy groups -OCH3 is 1. The fraction of sp³-hybridized carbons (Fsp3) is 0.450. The Morgan fingerprint density at radius 1 is 1.39 bits per heavy atom. The van der Waals surface area contributed by atoms with Gasteiger partial charge in [0.2, 0.25) is 0 Å². The molecule has 1 fully saturated rings. The number of aromatic nitrogens is 2. The molecule has 1 aromatic heterocycles. The third-order valence-corrected chi connectivity index (χ3v) is 5.29. The number of nitrogens with zero attached hydrogens (tertiary/aromatic N) is 2. The molecule has 0 bridgehead atoms. The monoisotopic (exact) mass is 404 g/mol. The van der Waals surface area contributed by atoms with Crippen molar-refractivity contribution in [3.05, 3.63) is 39.8 Å². The number of hydrogen-bond acceptors (Lipinski definition) is 6. The average Bonchev–Trinajstić information content (AvgIpc) is 2.72. The van der Waals surface area contributed by atoms with Gasteiger partial charge in [-0.1, -0.05) is 23.7 Å². The number of nitrogens with one attached hydrogen (secondary N) is 2. The highest BCUT2D eigenvalue weighted by Crippen LogP contribution is 2.29. The standard InChI is InChI=1S/C20H25ClN4O3/c1-28-16-4-2-3-15(13-16)17-18(21)24-19(20(27)25(17)11-12-26)23-10-7-14-5-8-22-9-6-14/h2-4,12-14,22H,5-11H2,1H3,(H,23,24). The molecule has 0 amide bonds. The van der Waals surface area contributed by atoms with Crippen LogP contribution in [0.25, 0.3) is 11.3 Å². The zero-order chi connectivity index (χ0) is 19.9. The molecule has 28 heavy (non-hydrogen) atoms. The molecule has 3 rings (SSSR count). The van der Waals surface area contributed by atoms with Gasteiger partial charge in [-0.15, -0.1) is 0 Å². The van der Waals surface area contributed by atoms with E-state index in [2.05, 4.69) is 15.6 Å². The van der Waals surface area contributed by atoms with Crippen LogP contribution in [0, 0.1) is 5.92 Å². The van der Waals surface area contributed by atoms with E-state index in [9.17, 15) is 9.59 Å². The molecule has 1 aromatic carbocycles. The summed E-state index contributed by atoms with van der Waals surface area (Å²) in [7, 11) is 1.56. The molecule has 2 aromatic rings. The van der Waals surface area contributed by atoms with E-state index in [0.717, 1.165) is 32.4 Å². The molecular weight excluding hydrogens is 380 g/mol. The number of anilines is 1. The average molecular weight is 405 g/mol. The summed E-state index contributed by atoms with van der Waals surface area (Å²) in [6, 6.07) is 7.15. The molecular formula is C20H25ClN4O3. The summed E-state index contributed by atoms with van der Waals surface area (Å²) in [5.74, 6) is 1.44. The van der Waals surface area contributed by atoms with Crippen molar-refractivity contribution in [3.8, 4) is 17.0 Å². The third-order valence-electron chi connectivity index (χ3n) is 5.03. The van der Waals surface area contributed by atoms with E-state index in [-0.39, 0.29) is 23.1 Å². The summed E-state index contributed by atoms with van der Waals surface area (Å²) in [6.07, 6.45) is 3.92. The van der Waals surface area contributed by atoms with Gasteiger partial charge in [0.25, 0.3) is 5.56 Å². The van der Waals surface area contributed by atoms with Crippen molar-refractivity contribution < 1.29 is 9.53 Å². The molecule has 7 nitrogen and oxygen atoms in total. The van der Waals surface area contributed by atoms with Gasteiger partial charge in [0, 0.05) is 12.1 Å². The highest BCUT2D eigenvalue weighted by molar-refractivity contribution is 6.32. The third kappa shape index (κ3) is 4.72. The van der Waals surface area contributed by atoms with E-state index < -0.39 is 0 Å². The smallest absolute Gasteiger partial charge is 0.294 e. The van der Waals surface area contributed by atoms with Crippen LogP contribution in [-0.4, -0.2) is 42.6 Å². The lowest BCUT2D eigenvalue weighted by atomic mass is 9.95.